The van der Waals surface area contributed by atoms with Crippen LogP contribution in [0, 0.1) is 17.8 Å². The predicted molar refractivity (Wildman–Crippen MR) is 56.0 cm³/mol. The third-order valence-corrected chi connectivity index (χ3v) is 3.93. The summed E-state index contributed by atoms with van der Waals surface area (Å²) in [6.07, 6.45) is 2.81. The van der Waals surface area contributed by atoms with E-state index in [0.29, 0.717) is 23.9 Å². The van der Waals surface area contributed by atoms with Crippen molar-refractivity contribution >= 4 is 0 Å². The van der Waals surface area contributed by atoms with Crippen LogP contribution in [0.15, 0.2) is 0 Å². The van der Waals surface area contributed by atoms with Crippen LogP contribution in [-0.4, -0.2) is 18.5 Å². The van der Waals surface area contributed by atoms with E-state index in [2.05, 4.69) is 27.7 Å². The molecule has 14 heavy (non-hydrogen) atoms. The zero-order chi connectivity index (χ0) is 10.3. The largest absolute Gasteiger partial charge is 0.350 e. The van der Waals surface area contributed by atoms with Gasteiger partial charge < -0.3 is 9.47 Å². The minimum atomic E-state index is -0.285. The third-order valence-electron chi connectivity index (χ3n) is 3.93. The Morgan fingerprint density at radius 3 is 2.64 bits per heavy atom. The van der Waals surface area contributed by atoms with Gasteiger partial charge in [-0.3, -0.25) is 0 Å². The fraction of sp³-hybridized carbons (Fsp3) is 1.00. The molecule has 0 amide bonds. The van der Waals surface area contributed by atoms with Crippen LogP contribution in [0.4, 0.5) is 0 Å². The van der Waals surface area contributed by atoms with Gasteiger partial charge in [-0.25, -0.2) is 0 Å². The monoisotopic (exact) mass is 198 g/mol. The number of hydrogen-bond donors (Lipinski definition) is 0. The van der Waals surface area contributed by atoms with Gasteiger partial charge in [0, 0.05) is 5.92 Å². The van der Waals surface area contributed by atoms with Crippen molar-refractivity contribution in [3.8, 4) is 0 Å². The molecule has 2 saturated heterocycles. The fourth-order valence-corrected chi connectivity index (χ4v) is 3.00. The van der Waals surface area contributed by atoms with Crippen LogP contribution < -0.4 is 0 Å². The summed E-state index contributed by atoms with van der Waals surface area (Å²) in [6.45, 7) is 9.73. The van der Waals surface area contributed by atoms with Gasteiger partial charge >= 0.3 is 0 Å². The lowest BCUT2D eigenvalue weighted by molar-refractivity contribution is -0.260. The van der Waals surface area contributed by atoms with Crippen LogP contribution >= 0.6 is 0 Å². The second-order valence-electron chi connectivity index (χ2n) is 5.35. The Balaban J connectivity index is 2.12. The van der Waals surface area contributed by atoms with Gasteiger partial charge in [0.25, 0.3) is 0 Å². The zero-order valence-electron chi connectivity index (χ0n) is 9.75. The highest BCUT2D eigenvalue weighted by atomic mass is 16.7. The van der Waals surface area contributed by atoms with E-state index >= 15 is 0 Å². The number of fused-ring (bicyclic) bond motifs is 1. The van der Waals surface area contributed by atoms with Gasteiger partial charge in [-0.1, -0.05) is 13.8 Å². The number of hydrogen-bond acceptors (Lipinski definition) is 2. The molecule has 2 aliphatic rings. The van der Waals surface area contributed by atoms with E-state index in [-0.39, 0.29) is 5.79 Å². The lowest BCUT2D eigenvalue weighted by Crippen LogP contribution is -2.44. The van der Waals surface area contributed by atoms with E-state index in [0.717, 1.165) is 6.61 Å². The Morgan fingerprint density at radius 1 is 1.29 bits per heavy atom. The van der Waals surface area contributed by atoms with E-state index in [9.17, 15) is 0 Å². The summed E-state index contributed by atoms with van der Waals surface area (Å²) in [5, 5.41) is 0. The molecule has 0 N–H and O–H groups in total. The zero-order valence-corrected chi connectivity index (χ0v) is 9.75. The van der Waals surface area contributed by atoms with E-state index in [4.69, 9.17) is 9.47 Å². The molecule has 2 nitrogen and oxygen atoms in total. The van der Waals surface area contributed by atoms with Gasteiger partial charge in [0.05, 0.1) is 12.7 Å². The molecule has 0 aromatic rings. The molecule has 2 aliphatic heterocycles. The van der Waals surface area contributed by atoms with E-state index in [1.165, 1.54) is 12.8 Å². The Bertz CT molecular complexity index is 214. The number of ether oxygens (including phenoxy) is 2. The molecule has 4 unspecified atom stereocenters. The average Bonchev–Trinajstić information content (AvgIpc) is 2.40. The van der Waals surface area contributed by atoms with Crippen molar-refractivity contribution < 1.29 is 9.47 Å². The second-order valence-corrected chi connectivity index (χ2v) is 5.35. The van der Waals surface area contributed by atoms with Crippen molar-refractivity contribution in [2.45, 2.75) is 52.4 Å². The maximum atomic E-state index is 5.96. The van der Waals surface area contributed by atoms with E-state index in [1.807, 2.05) is 0 Å². The highest BCUT2D eigenvalue weighted by molar-refractivity contribution is 4.92. The normalized spacial score (nSPS) is 48.2. The summed E-state index contributed by atoms with van der Waals surface area (Å²) >= 11 is 0. The van der Waals surface area contributed by atoms with Crippen molar-refractivity contribution in [1.82, 2.24) is 0 Å². The molecule has 2 fully saturated rings. The van der Waals surface area contributed by atoms with Crippen LogP contribution in [0.25, 0.3) is 0 Å². The maximum absolute atomic E-state index is 5.96. The average molecular weight is 198 g/mol. The summed E-state index contributed by atoms with van der Waals surface area (Å²) < 4.78 is 11.8. The lowest BCUT2D eigenvalue weighted by Gasteiger charge is -2.40. The molecule has 0 spiro atoms. The Morgan fingerprint density at radius 2 is 2.00 bits per heavy atom. The van der Waals surface area contributed by atoms with Crippen molar-refractivity contribution in [2.24, 2.45) is 17.8 Å². The first-order chi connectivity index (χ1) is 6.53. The summed E-state index contributed by atoms with van der Waals surface area (Å²) in [6, 6.07) is 0. The summed E-state index contributed by atoms with van der Waals surface area (Å²) in [5.74, 6) is 1.72. The maximum Gasteiger partial charge on any atom is 0.169 e. The first-order valence-electron chi connectivity index (χ1n) is 5.84. The fourth-order valence-electron chi connectivity index (χ4n) is 3.00. The quantitative estimate of drug-likeness (QED) is 0.645. The van der Waals surface area contributed by atoms with Gasteiger partial charge in [0.2, 0.25) is 0 Å². The van der Waals surface area contributed by atoms with Crippen molar-refractivity contribution in [1.29, 1.82) is 0 Å². The molecular formula is C12H22O2. The second kappa shape index (κ2) is 3.49. The predicted octanol–water partition coefficient (Wildman–Crippen LogP) is 2.82. The molecule has 0 aromatic heterocycles. The van der Waals surface area contributed by atoms with Gasteiger partial charge in [0.15, 0.2) is 5.79 Å². The van der Waals surface area contributed by atoms with Crippen LogP contribution in [0.1, 0.15) is 40.5 Å². The third kappa shape index (κ3) is 1.59. The van der Waals surface area contributed by atoms with Crippen molar-refractivity contribution in [2.75, 3.05) is 6.61 Å². The molecule has 4 atom stereocenters. The summed E-state index contributed by atoms with van der Waals surface area (Å²) in [4.78, 5) is 0. The minimum absolute atomic E-state index is 0.285. The lowest BCUT2D eigenvalue weighted by atomic mass is 9.77. The highest BCUT2D eigenvalue weighted by Crippen LogP contribution is 2.47. The molecular weight excluding hydrogens is 176 g/mol. The first-order valence-corrected chi connectivity index (χ1v) is 5.84. The highest BCUT2D eigenvalue weighted by Gasteiger charge is 2.51. The van der Waals surface area contributed by atoms with Gasteiger partial charge in [-0.15, -0.1) is 0 Å². The molecule has 0 aromatic carbocycles. The van der Waals surface area contributed by atoms with Crippen LogP contribution in [0.5, 0.6) is 0 Å². The van der Waals surface area contributed by atoms with Crippen LogP contribution in [0.2, 0.25) is 0 Å². The molecule has 0 saturated carbocycles. The van der Waals surface area contributed by atoms with Crippen LogP contribution in [0.3, 0.4) is 0 Å². The summed E-state index contributed by atoms with van der Waals surface area (Å²) in [7, 11) is 0. The minimum Gasteiger partial charge on any atom is -0.350 e. The standard InChI is InChI=1S/C12H22O2/c1-8(2)10-7-13-12(4)11(10)6-5-9(3)14-12/h8-11H,5-7H2,1-4H3. The molecule has 0 bridgehead atoms. The molecule has 0 radical (unpaired) electrons. The molecule has 2 heterocycles. The Labute approximate surface area is 87.0 Å². The Hall–Kier alpha value is -0.0800. The van der Waals surface area contributed by atoms with Crippen molar-refractivity contribution in [3.63, 3.8) is 0 Å². The van der Waals surface area contributed by atoms with Gasteiger partial charge in [-0.05, 0) is 38.5 Å². The smallest absolute Gasteiger partial charge is 0.169 e. The SMILES string of the molecule is CC1CCC2C(C(C)C)COC2(C)O1. The van der Waals surface area contributed by atoms with E-state index in [1.54, 1.807) is 0 Å². The summed E-state index contributed by atoms with van der Waals surface area (Å²) in [5.41, 5.74) is 0. The first kappa shape index (κ1) is 10.4. The molecule has 0 aliphatic carbocycles. The van der Waals surface area contributed by atoms with E-state index < -0.39 is 0 Å². The molecule has 2 heteroatoms. The molecule has 82 valence electrons. The van der Waals surface area contributed by atoms with Gasteiger partial charge in [0.1, 0.15) is 0 Å². The number of rotatable bonds is 1. The van der Waals surface area contributed by atoms with Crippen molar-refractivity contribution in [3.05, 3.63) is 0 Å². The van der Waals surface area contributed by atoms with Gasteiger partial charge in [-0.2, -0.15) is 0 Å². The van der Waals surface area contributed by atoms with Crippen LogP contribution in [-0.2, 0) is 9.47 Å². The topological polar surface area (TPSA) is 18.5 Å². The molecule has 2 rings (SSSR count). The Kier molecular flexibility index (Phi) is 2.61.